The number of aromatic nitrogens is 3. The second kappa shape index (κ2) is 5.57. The van der Waals surface area contributed by atoms with Crippen LogP contribution < -0.4 is 5.32 Å². The molecule has 0 aliphatic carbocycles. The Kier molecular flexibility index (Phi) is 4.04. The number of hydrogen-bond acceptors (Lipinski definition) is 4. The van der Waals surface area contributed by atoms with E-state index in [1.165, 1.54) is 0 Å². The molecule has 0 aromatic carbocycles. The van der Waals surface area contributed by atoms with Crippen LogP contribution in [0.5, 0.6) is 0 Å². The number of anilines is 1. The summed E-state index contributed by atoms with van der Waals surface area (Å²) in [6.45, 7) is 8.03. The number of fused-ring (bicyclic) bond motifs is 1. The molecule has 0 spiro atoms. The molecule has 5 heteroatoms. The topological polar surface area (TPSA) is 51.5 Å². The van der Waals surface area contributed by atoms with Crippen molar-refractivity contribution in [3.05, 3.63) is 23.9 Å². The predicted octanol–water partition coefficient (Wildman–Crippen LogP) is 2.51. The first kappa shape index (κ1) is 13.8. The Morgan fingerprint density at radius 3 is 2.84 bits per heavy atom. The molecule has 1 N–H and O–H groups in total. The van der Waals surface area contributed by atoms with Crippen LogP contribution in [0.1, 0.15) is 26.0 Å². The third-order valence-corrected chi connectivity index (χ3v) is 3.26. The largest absolute Gasteiger partial charge is 0.385 e. The summed E-state index contributed by atoms with van der Waals surface area (Å²) in [6.07, 6.45) is 1.00. The molecular weight excluding hydrogens is 240 g/mol. The third-order valence-electron chi connectivity index (χ3n) is 3.26. The van der Waals surface area contributed by atoms with Crippen LogP contribution in [0.2, 0.25) is 0 Å². The molecule has 2 rings (SSSR count). The number of aryl methyl sites for hydroxylation is 1. The molecule has 0 aliphatic rings. The zero-order valence-corrected chi connectivity index (χ0v) is 12.1. The van der Waals surface area contributed by atoms with E-state index < -0.39 is 0 Å². The van der Waals surface area contributed by atoms with Crippen molar-refractivity contribution in [3.63, 3.8) is 0 Å². The molecule has 0 bridgehead atoms. The minimum Gasteiger partial charge on any atom is -0.385 e. The van der Waals surface area contributed by atoms with Gasteiger partial charge >= 0.3 is 0 Å². The van der Waals surface area contributed by atoms with E-state index in [1.54, 1.807) is 7.11 Å². The van der Waals surface area contributed by atoms with Gasteiger partial charge in [0.05, 0.1) is 0 Å². The highest BCUT2D eigenvalue weighted by Gasteiger charge is 2.18. The molecule has 0 unspecified atom stereocenters. The lowest BCUT2D eigenvalue weighted by atomic mass is 9.90. The Hall–Kier alpha value is -1.62. The Morgan fingerprint density at radius 2 is 2.16 bits per heavy atom. The maximum atomic E-state index is 5.13. The summed E-state index contributed by atoms with van der Waals surface area (Å²) < 4.78 is 6.98. The second-order valence-electron chi connectivity index (χ2n) is 5.63. The van der Waals surface area contributed by atoms with E-state index in [4.69, 9.17) is 4.74 Å². The van der Waals surface area contributed by atoms with Gasteiger partial charge < -0.3 is 10.1 Å². The molecule has 0 saturated carbocycles. The number of hydrogen-bond donors (Lipinski definition) is 1. The maximum absolute atomic E-state index is 5.13. The van der Waals surface area contributed by atoms with Crippen LogP contribution in [0, 0.1) is 12.3 Å². The first-order valence-electron chi connectivity index (χ1n) is 6.57. The molecule has 0 atom stereocenters. The van der Waals surface area contributed by atoms with E-state index in [0.717, 1.165) is 30.9 Å². The molecule has 0 saturated heterocycles. The van der Waals surface area contributed by atoms with Crippen molar-refractivity contribution in [3.8, 4) is 0 Å². The van der Waals surface area contributed by atoms with Gasteiger partial charge in [-0.25, -0.2) is 4.52 Å². The monoisotopic (exact) mass is 262 g/mol. The molecular formula is C14H22N4O. The van der Waals surface area contributed by atoms with Gasteiger partial charge in [0.2, 0.25) is 5.95 Å². The Bertz CT molecular complexity index is 547. The number of methoxy groups -OCH3 is 1. The number of rotatable bonds is 6. The van der Waals surface area contributed by atoms with E-state index in [0.29, 0.717) is 5.95 Å². The molecule has 0 fully saturated rings. The fourth-order valence-corrected chi connectivity index (χ4v) is 1.90. The molecule has 5 nitrogen and oxygen atoms in total. The lowest BCUT2D eigenvalue weighted by Gasteiger charge is -2.23. The maximum Gasteiger partial charge on any atom is 0.243 e. The third kappa shape index (κ3) is 3.44. The number of nitrogens with one attached hydrogen (secondary N) is 1. The van der Waals surface area contributed by atoms with Gasteiger partial charge in [-0.05, 0) is 30.9 Å². The standard InChI is InChI=1S/C14H22N4O/c1-11-6-5-7-12-16-13(17-18(11)12)15-10-14(2,3)8-9-19-4/h5-7H,8-10H2,1-4H3,(H,15,17). The smallest absolute Gasteiger partial charge is 0.243 e. The Balaban J connectivity index is 2.04. The molecule has 2 aromatic rings. The summed E-state index contributed by atoms with van der Waals surface area (Å²) in [5.74, 6) is 0.680. The van der Waals surface area contributed by atoms with Gasteiger partial charge in [-0.2, -0.15) is 4.98 Å². The van der Waals surface area contributed by atoms with E-state index in [1.807, 2.05) is 29.6 Å². The highest BCUT2D eigenvalue weighted by atomic mass is 16.5. The molecule has 0 aliphatic heterocycles. The summed E-state index contributed by atoms with van der Waals surface area (Å²) >= 11 is 0. The predicted molar refractivity (Wildman–Crippen MR) is 76.5 cm³/mol. The fraction of sp³-hybridized carbons (Fsp3) is 0.571. The SMILES string of the molecule is COCCC(C)(C)CNc1nc2cccc(C)n2n1. The number of pyridine rings is 1. The van der Waals surface area contributed by atoms with Crippen molar-refractivity contribution in [1.82, 2.24) is 14.6 Å². The molecule has 2 aromatic heterocycles. The van der Waals surface area contributed by atoms with Crippen LogP contribution in [0.25, 0.3) is 5.65 Å². The van der Waals surface area contributed by atoms with Gasteiger partial charge in [0.25, 0.3) is 0 Å². The number of nitrogens with zero attached hydrogens (tertiary/aromatic N) is 3. The second-order valence-corrected chi connectivity index (χ2v) is 5.63. The Morgan fingerprint density at radius 1 is 1.37 bits per heavy atom. The van der Waals surface area contributed by atoms with Gasteiger partial charge in [0, 0.05) is 26.0 Å². The Labute approximate surface area is 114 Å². The summed E-state index contributed by atoms with van der Waals surface area (Å²) in [5.41, 5.74) is 2.11. The summed E-state index contributed by atoms with van der Waals surface area (Å²) in [6, 6.07) is 5.97. The van der Waals surface area contributed by atoms with Crippen molar-refractivity contribution in [2.24, 2.45) is 5.41 Å². The molecule has 19 heavy (non-hydrogen) atoms. The molecule has 0 amide bonds. The van der Waals surface area contributed by atoms with Crippen LogP contribution in [0.15, 0.2) is 18.2 Å². The normalized spacial score (nSPS) is 12.0. The highest BCUT2D eigenvalue weighted by molar-refractivity contribution is 5.44. The highest BCUT2D eigenvalue weighted by Crippen LogP contribution is 2.20. The first-order chi connectivity index (χ1) is 9.02. The lowest BCUT2D eigenvalue weighted by molar-refractivity contribution is 0.157. The first-order valence-corrected chi connectivity index (χ1v) is 6.57. The van der Waals surface area contributed by atoms with Crippen LogP contribution >= 0.6 is 0 Å². The fourth-order valence-electron chi connectivity index (χ4n) is 1.90. The number of ether oxygens (including phenoxy) is 1. The van der Waals surface area contributed by atoms with Crippen LogP contribution in [-0.2, 0) is 4.74 Å². The van der Waals surface area contributed by atoms with E-state index in [-0.39, 0.29) is 5.41 Å². The van der Waals surface area contributed by atoms with Crippen molar-refractivity contribution in [2.45, 2.75) is 27.2 Å². The van der Waals surface area contributed by atoms with Gasteiger partial charge in [0.1, 0.15) is 0 Å². The van der Waals surface area contributed by atoms with Crippen LogP contribution in [0.3, 0.4) is 0 Å². The van der Waals surface area contributed by atoms with Gasteiger partial charge in [-0.15, -0.1) is 5.10 Å². The van der Waals surface area contributed by atoms with Gasteiger partial charge in [-0.3, -0.25) is 0 Å². The van der Waals surface area contributed by atoms with Crippen LogP contribution in [0.4, 0.5) is 5.95 Å². The minimum absolute atomic E-state index is 0.155. The van der Waals surface area contributed by atoms with Gasteiger partial charge in [0.15, 0.2) is 5.65 Å². The zero-order chi connectivity index (χ0) is 13.9. The average molecular weight is 262 g/mol. The van der Waals surface area contributed by atoms with Crippen LogP contribution in [-0.4, -0.2) is 34.9 Å². The quantitative estimate of drug-likeness (QED) is 0.869. The van der Waals surface area contributed by atoms with E-state index in [9.17, 15) is 0 Å². The summed E-state index contributed by atoms with van der Waals surface area (Å²) in [4.78, 5) is 4.47. The van der Waals surface area contributed by atoms with E-state index >= 15 is 0 Å². The lowest BCUT2D eigenvalue weighted by Crippen LogP contribution is -2.25. The molecule has 104 valence electrons. The van der Waals surface area contributed by atoms with E-state index in [2.05, 4.69) is 29.2 Å². The molecule has 0 radical (unpaired) electrons. The summed E-state index contributed by atoms with van der Waals surface area (Å²) in [5, 5.41) is 7.77. The van der Waals surface area contributed by atoms with Crippen molar-refractivity contribution >= 4 is 11.6 Å². The summed E-state index contributed by atoms with van der Waals surface area (Å²) in [7, 11) is 1.73. The van der Waals surface area contributed by atoms with Gasteiger partial charge in [-0.1, -0.05) is 19.9 Å². The zero-order valence-electron chi connectivity index (χ0n) is 12.1. The van der Waals surface area contributed by atoms with Crippen molar-refractivity contribution < 1.29 is 4.74 Å². The average Bonchev–Trinajstić information content (AvgIpc) is 2.79. The minimum atomic E-state index is 0.155. The van der Waals surface area contributed by atoms with Crippen molar-refractivity contribution in [1.29, 1.82) is 0 Å². The van der Waals surface area contributed by atoms with Crippen molar-refractivity contribution in [2.75, 3.05) is 25.6 Å². The molecule has 2 heterocycles.